The van der Waals surface area contributed by atoms with Crippen LogP contribution in [0.15, 0.2) is 35.6 Å². The van der Waals surface area contributed by atoms with Gasteiger partial charge in [0.05, 0.1) is 23.8 Å². The molecule has 0 aliphatic rings. The van der Waals surface area contributed by atoms with Crippen molar-refractivity contribution in [3.8, 4) is 17.2 Å². The number of ether oxygens (including phenoxy) is 3. The number of imidazole rings is 1. The van der Waals surface area contributed by atoms with Gasteiger partial charge in [0.15, 0.2) is 29.9 Å². The van der Waals surface area contributed by atoms with E-state index in [1.165, 1.54) is 49.3 Å². The van der Waals surface area contributed by atoms with Crippen LogP contribution >= 0.6 is 11.8 Å². The van der Waals surface area contributed by atoms with Crippen LogP contribution in [0.5, 0.6) is 17.2 Å². The van der Waals surface area contributed by atoms with E-state index in [2.05, 4.69) is 15.0 Å². The molecule has 168 valence electrons. The van der Waals surface area contributed by atoms with Crippen LogP contribution in [0.3, 0.4) is 0 Å². The summed E-state index contributed by atoms with van der Waals surface area (Å²) < 4.78 is 88.8. The molecule has 6 nitrogen and oxygen atoms in total. The lowest BCUT2D eigenvalue weighted by Crippen LogP contribution is -2.19. The summed E-state index contributed by atoms with van der Waals surface area (Å²) in [4.78, 5) is 11.4. The Balaban J connectivity index is 1.70. The predicted octanol–water partition coefficient (Wildman–Crippen LogP) is 5.14. The van der Waals surface area contributed by atoms with E-state index >= 15 is 0 Å². The number of alkyl halides is 6. The van der Waals surface area contributed by atoms with Gasteiger partial charge in [-0.1, -0.05) is 11.8 Å². The van der Waals surface area contributed by atoms with Crippen molar-refractivity contribution in [2.24, 2.45) is 0 Å². The molecule has 0 bridgehead atoms. The van der Waals surface area contributed by atoms with E-state index in [1.54, 1.807) is 0 Å². The summed E-state index contributed by atoms with van der Waals surface area (Å²) in [5.74, 6) is 0.187. The second-order valence-electron chi connectivity index (χ2n) is 6.11. The third kappa shape index (κ3) is 6.57. The Bertz CT molecular complexity index is 1040. The molecule has 1 N–H and O–H groups in total. The zero-order chi connectivity index (χ0) is 22.6. The van der Waals surface area contributed by atoms with Crippen molar-refractivity contribution in [2.75, 3.05) is 20.3 Å². The Morgan fingerprint density at radius 3 is 2.39 bits per heavy atom. The molecule has 0 fully saturated rings. The summed E-state index contributed by atoms with van der Waals surface area (Å²) in [6, 6.07) is 5.53. The molecule has 3 rings (SSSR count). The summed E-state index contributed by atoms with van der Waals surface area (Å²) in [6.45, 7) is -2.88. The number of halogens is 6. The van der Waals surface area contributed by atoms with E-state index in [0.717, 1.165) is 0 Å². The smallest absolute Gasteiger partial charge is 0.422 e. The number of pyridine rings is 1. The molecule has 0 spiro atoms. The average molecular weight is 467 g/mol. The van der Waals surface area contributed by atoms with Gasteiger partial charge in [0.1, 0.15) is 5.75 Å². The van der Waals surface area contributed by atoms with Gasteiger partial charge in [0.2, 0.25) is 0 Å². The number of nitrogens with zero attached hydrogens (tertiary/aromatic N) is 2. The molecule has 0 aliphatic heterocycles. The van der Waals surface area contributed by atoms with Crippen molar-refractivity contribution in [2.45, 2.75) is 23.3 Å². The monoisotopic (exact) mass is 467 g/mol. The highest BCUT2D eigenvalue weighted by Crippen LogP contribution is 2.34. The van der Waals surface area contributed by atoms with Gasteiger partial charge in [-0.05, 0) is 12.1 Å². The largest absolute Gasteiger partial charge is 0.491 e. The highest BCUT2D eigenvalue weighted by Gasteiger charge is 2.30. The number of H-pyrrole nitrogens is 1. The number of thioether (sulfide) groups is 1. The van der Waals surface area contributed by atoms with Gasteiger partial charge < -0.3 is 19.2 Å². The van der Waals surface area contributed by atoms with Crippen molar-refractivity contribution in [3.05, 3.63) is 36.2 Å². The molecule has 0 aliphatic carbocycles. The van der Waals surface area contributed by atoms with Crippen LogP contribution in [0.25, 0.3) is 11.0 Å². The third-order valence-corrected chi connectivity index (χ3v) is 4.60. The van der Waals surface area contributed by atoms with E-state index in [1.807, 2.05) is 0 Å². The van der Waals surface area contributed by atoms with Crippen LogP contribution in [0.4, 0.5) is 26.3 Å². The topological polar surface area (TPSA) is 69.3 Å². The minimum absolute atomic E-state index is 0.0304. The molecule has 0 amide bonds. The number of benzene rings is 1. The lowest BCUT2D eigenvalue weighted by Gasteiger charge is -2.14. The Hall–Kier alpha value is -2.83. The Morgan fingerprint density at radius 2 is 1.71 bits per heavy atom. The van der Waals surface area contributed by atoms with Crippen LogP contribution in [0.1, 0.15) is 5.69 Å². The number of hydrogen-bond donors (Lipinski definition) is 1. The van der Waals surface area contributed by atoms with Gasteiger partial charge in [0, 0.05) is 24.1 Å². The van der Waals surface area contributed by atoms with E-state index in [4.69, 9.17) is 14.2 Å². The number of rotatable bonds is 8. The maximum Gasteiger partial charge on any atom is 0.422 e. The van der Waals surface area contributed by atoms with Gasteiger partial charge in [-0.15, -0.1) is 0 Å². The van der Waals surface area contributed by atoms with Gasteiger partial charge in [-0.2, -0.15) is 26.3 Å². The zero-order valence-corrected chi connectivity index (χ0v) is 16.6. The Kier molecular flexibility index (Phi) is 6.72. The SMILES string of the molecule is COc1c(OCC(F)(F)F)ccnc1CSc1nc2ccc(OCC(F)(F)F)cc2[nH]1. The van der Waals surface area contributed by atoms with Gasteiger partial charge >= 0.3 is 12.4 Å². The third-order valence-electron chi connectivity index (χ3n) is 3.72. The van der Waals surface area contributed by atoms with Crippen molar-refractivity contribution in [3.63, 3.8) is 0 Å². The lowest BCUT2D eigenvalue weighted by atomic mass is 10.3. The molecular weight excluding hydrogens is 452 g/mol. The van der Waals surface area contributed by atoms with Crippen LogP contribution in [-0.2, 0) is 5.75 Å². The Morgan fingerprint density at radius 1 is 1.00 bits per heavy atom. The number of aromatic nitrogens is 3. The maximum absolute atomic E-state index is 12.4. The molecular formula is C18H15F6N3O3S. The fourth-order valence-corrected chi connectivity index (χ4v) is 3.32. The second kappa shape index (κ2) is 9.12. The highest BCUT2D eigenvalue weighted by atomic mass is 32.2. The average Bonchev–Trinajstić information content (AvgIpc) is 3.10. The zero-order valence-electron chi connectivity index (χ0n) is 15.8. The van der Waals surface area contributed by atoms with Crippen molar-refractivity contribution >= 4 is 22.8 Å². The van der Waals surface area contributed by atoms with E-state index < -0.39 is 25.6 Å². The number of methoxy groups -OCH3 is 1. The normalized spacial score (nSPS) is 12.2. The molecule has 2 aromatic heterocycles. The molecule has 0 unspecified atom stereocenters. The molecule has 0 saturated heterocycles. The number of hydrogen-bond acceptors (Lipinski definition) is 6. The minimum atomic E-state index is -4.50. The fourth-order valence-electron chi connectivity index (χ4n) is 2.49. The second-order valence-corrected chi connectivity index (χ2v) is 7.07. The first-order chi connectivity index (χ1) is 14.5. The fraction of sp³-hybridized carbons (Fsp3) is 0.333. The van der Waals surface area contributed by atoms with Crippen LogP contribution < -0.4 is 14.2 Å². The van der Waals surface area contributed by atoms with Crippen LogP contribution in [0.2, 0.25) is 0 Å². The number of fused-ring (bicyclic) bond motifs is 1. The molecule has 31 heavy (non-hydrogen) atoms. The van der Waals surface area contributed by atoms with Crippen LogP contribution in [0, 0.1) is 0 Å². The molecule has 0 radical (unpaired) electrons. The summed E-state index contributed by atoms with van der Waals surface area (Å²) in [5, 5.41) is 0.424. The number of nitrogens with one attached hydrogen (secondary N) is 1. The van der Waals surface area contributed by atoms with E-state index in [9.17, 15) is 26.3 Å². The Labute approximate surface area is 175 Å². The van der Waals surface area contributed by atoms with Gasteiger partial charge in [-0.3, -0.25) is 4.98 Å². The van der Waals surface area contributed by atoms with Crippen LogP contribution in [-0.4, -0.2) is 47.6 Å². The van der Waals surface area contributed by atoms with Crippen molar-refractivity contribution in [1.82, 2.24) is 15.0 Å². The maximum atomic E-state index is 12.4. The quantitative estimate of drug-likeness (QED) is 0.366. The summed E-state index contributed by atoms with van der Waals surface area (Å²) in [6.07, 6.45) is -7.65. The molecule has 3 aromatic rings. The summed E-state index contributed by atoms with van der Waals surface area (Å²) in [7, 11) is 1.29. The summed E-state index contributed by atoms with van der Waals surface area (Å²) in [5.41, 5.74) is 1.30. The molecule has 0 atom stereocenters. The molecule has 13 heteroatoms. The first-order valence-corrected chi connectivity index (χ1v) is 9.56. The lowest BCUT2D eigenvalue weighted by molar-refractivity contribution is -0.154. The minimum Gasteiger partial charge on any atom is -0.491 e. The highest BCUT2D eigenvalue weighted by molar-refractivity contribution is 7.98. The molecule has 0 saturated carbocycles. The molecule has 1 aromatic carbocycles. The molecule has 2 heterocycles. The van der Waals surface area contributed by atoms with E-state index in [0.29, 0.717) is 21.9 Å². The predicted molar refractivity (Wildman–Crippen MR) is 99.5 cm³/mol. The van der Waals surface area contributed by atoms with Crippen molar-refractivity contribution < 1.29 is 40.6 Å². The standard InChI is InChI=1S/C18H15F6N3O3S/c1-28-15-13(25-5-4-14(15)30-9-18(22,23)24)7-31-16-26-11-3-2-10(6-12(11)27-16)29-8-17(19,20)21/h2-6H,7-9H2,1H3,(H,26,27). The first-order valence-electron chi connectivity index (χ1n) is 8.57. The van der Waals surface area contributed by atoms with Gasteiger partial charge in [-0.25, -0.2) is 4.98 Å². The van der Waals surface area contributed by atoms with Gasteiger partial charge in [0.25, 0.3) is 0 Å². The van der Waals surface area contributed by atoms with E-state index in [-0.39, 0.29) is 23.0 Å². The summed E-state index contributed by atoms with van der Waals surface area (Å²) >= 11 is 1.18. The first kappa shape index (κ1) is 22.8. The number of aromatic amines is 1. The van der Waals surface area contributed by atoms with Crippen molar-refractivity contribution in [1.29, 1.82) is 0 Å².